The molecule has 0 aliphatic heterocycles. The van der Waals surface area contributed by atoms with Crippen LogP contribution in [0.5, 0.6) is 0 Å². The van der Waals surface area contributed by atoms with Gasteiger partial charge in [-0.25, -0.2) is 19.2 Å². The van der Waals surface area contributed by atoms with Crippen molar-refractivity contribution in [3.8, 4) is 11.3 Å². The van der Waals surface area contributed by atoms with Crippen molar-refractivity contribution in [2.75, 3.05) is 30.3 Å². The Balaban J connectivity index is 1.38. The molecule has 2 aromatic heterocycles. The van der Waals surface area contributed by atoms with Gasteiger partial charge in [0.05, 0.1) is 23.5 Å². The molecule has 0 fully saturated rings. The van der Waals surface area contributed by atoms with E-state index < -0.39 is 5.97 Å². The molecule has 4 aromatic rings. The van der Waals surface area contributed by atoms with Crippen LogP contribution in [-0.4, -0.2) is 40.6 Å². The Labute approximate surface area is 214 Å². The van der Waals surface area contributed by atoms with Crippen molar-refractivity contribution in [2.24, 2.45) is 0 Å². The van der Waals surface area contributed by atoms with Crippen molar-refractivity contribution in [1.29, 1.82) is 0 Å². The summed E-state index contributed by atoms with van der Waals surface area (Å²) in [6, 6.07) is 13.5. The Morgan fingerprint density at radius 1 is 1.03 bits per heavy atom. The van der Waals surface area contributed by atoms with Gasteiger partial charge in [0, 0.05) is 40.9 Å². The maximum atomic E-state index is 13.5. The van der Waals surface area contributed by atoms with Crippen LogP contribution >= 0.6 is 11.6 Å². The second kappa shape index (κ2) is 11.8. The van der Waals surface area contributed by atoms with Gasteiger partial charge >= 0.3 is 5.97 Å². The van der Waals surface area contributed by atoms with Crippen LogP contribution in [0, 0.1) is 12.7 Å². The molecule has 0 saturated heterocycles. The summed E-state index contributed by atoms with van der Waals surface area (Å²) < 4.78 is 18.7. The van der Waals surface area contributed by atoms with E-state index in [2.05, 4.69) is 25.6 Å². The van der Waals surface area contributed by atoms with E-state index in [1.807, 2.05) is 24.3 Å². The summed E-state index contributed by atoms with van der Waals surface area (Å²) in [5, 5.41) is 8.38. The van der Waals surface area contributed by atoms with E-state index in [0.29, 0.717) is 34.5 Å². The van der Waals surface area contributed by atoms with E-state index >= 15 is 0 Å². The zero-order valence-corrected chi connectivity index (χ0v) is 20.9. The molecule has 0 bridgehead atoms. The lowest BCUT2D eigenvalue weighted by Gasteiger charge is -2.14. The monoisotopic (exact) mass is 507 g/mol. The summed E-state index contributed by atoms with van der Waals surface area (Å²) in [6.07, 6.45) is 3.55. The number of fused-ring (bicyclic) bond motifs is 1. The number of esters is 1. The van der Waals surface area contributed by atoms with Crippen LogP contribution in [0.25, 0.3) is 22.2 Å². The number of pyridine rings is 1. The van der Waals surface area contributed by atoms with Crippen molar-refractivity contribution < 1.29 is 13.9 Å². The maximum absolute atomic E-state index is 13.5. The Bertz CT molecular complexity index is 1360. The summed E-state index contributed by atoms with van der Waals surface area (Å²) in [6.45, 7) is 5.14. The predicted octanol–water partition coefficient (Wildman–Crippen LogP) is 6.27. The summed E-state index contributed by atoms with van der Waals surface area (Å²) in [5.74, 6) is -0.458. The number of hydrogen-bond donors (Lipinski definition) is 2. The zero-order chi connectivity index (χ0) is 25.5. The summed E-state index contributed by atoms with van der Waals surface area (Å²) >= 11 is 6.07. The SMILES string of the molecule is CCOC(=O)c1c(C)nc(NCCCCNc2ccnc3cc(Cl)ccc23)nc1-c1ccc(F)cc1. The number of rotatable bonds is 10. The zero-order valence-electron chi connectivity index (χ0n) is 20.1. The van der Waals surface area contributed by atoms with Gasteiger partial charge in [-0.1, -0.05) is 11.6 Å². The molecule has 0 saturated carbocycles. The fourth-order valence-corrected chi connectivity index (χ4v) is 4.03. The highest BCUT2D eigenvalue weighted by atomic mass is 35.5. The molecule has 186 valence electrons. The molecule has 0 atom stereocenters. The highest BCUT2D eigenvalue weighted by Gasteiger charge is 2.21. The molecule has 36 heavy (non-hydrogen) atoms. The van der Waals surface area contributed by atoms with Crippen molar-refractivity contribution in [3.63, 3.8) is 0 Å². The number of aryl methyl sites for hydroxylation is 1. The minimum absolute atomic E-state index is 0.234. The van der Waals surface area contributed by atoms with E-state index in [4.69, 9.17) is 16.3 Å². The average molecular weight is 508 g/mol. The van der Waals surface area contributed by atoms with Crippen molar-refractivity contribution in [1.82, 2.24) is 15.0 Å². The van der Waals surface area contributed by atoms with Crippen LogP contribution in [0.15, 0.2) is 54.7 Å². The third kappa shape index (κ3) is 6.07. The second-order valence-electron chi connectivity index (χ2n) is 8.16. The highest BCUT2D eigenvalue weighted by molar-refractivity contribution is 6.31. The largest absolute Gasteiger partial charge is 0.462 e. The minimum Gasteiger partial charge on any atom is -0.462 e. The first-order valence-electron chi connectivity index (χ1n) is 11.8. The molecule has 7 nitrogen and oxygen atoms in total. The Morgan fingerprint density at radius 2 is 1.78 bits per heavy atom. The number of nitrogens with zero attached hydrogens (tertiary/aromatic N) is 3. The van der Waals surface area contributed by atoms with E-state index in [0.717, 1.165) is 36.0 Å². The molecule has 2 heterocycles. The number of carbonyl (C=O) groups is 1. The van der Waals surface area contributed by atoms with E-state index in [1.165, 1.54) is 12.1 Å². The molecular formula is C27H27ClFN5O2. The van der Waals surface area contributed by atoms with Gasteiger partial charge in [-0.15, -0.1) is 0 Å². The number of nitrogens with one attached hydrogen (secondary N) is 2. The van der Waals surface area contributed by atoms with Gasteiger partial charge in [0.25, 0.3) is 0 Å². The molecule has 0 radical (unpaired) electrons. The van der Waals surface area contributed by atoms with E-state index in [-0.39, 0.29) is 18.0 Å². The molecule has 9 heteroatoms. The standard InChI is InChI=1S/C27H27ClFN5O2/c1-3-36-26(35)24-17(2)33-27(34-25(24)18-6-9-20(29)10-7-18)32-14-5-4-13-30-22-12-15-31-23-16-19(28)8-11-21(22)23/h6-12,15-16H,3-5,13-14H2,1-2H3,(H,30,31)(H,32,33,34). The van der Waals surface area contributed by atoms with Gasteiger partial charge in [0.15, 0.2) is 0 Å². The number of benzene rings is 2. The minimum atomic E-state index is -0.502. The van der Waals surface area contributed by atoms with Crippen LogP contribution < -0.4 is 10.6 Å². The third-order valence-electron chi connectivity index (χ3n) is 5.59. The summed E-state index contributed by atoms with van der Waals surface area (Å²) in [7, 11) is 0. The topological polar surface area (TPSA) is 89.0 Å². The molecule has 0 amide bonds. The predicted molar refractivity (Wildman–Crippen MR) is 141 cm³/mol. The molecule has 0 spiro atoms. The smallest absolute Gasteiger partial charge is 0.342 e. The number of ether oxygens (including phenoxy) is 1. The Hall–Kier alpha value is -3.78. The highest BCUT2D eigenvalue weighted by Crippen LogP contribution is 2.27. The Morgan fingerprint density at radius 3 is 2.53 bits per heavy atom. The molecule has 0 aliphatic carbocycles. The van der Waals surface area contributed by atoms with E-state index in [1.54, 1.807) is 32.2 Å². The number of anilines is 2. The second-order valence-corrected chi connectivity index (χ2v) is 8.60. The normalized spacial score (nSPS) is 10.9. The van der Waals surface area contributed by atoms with Gasteiger partial charge in [0.1, 0.15) is 11.4 Å². The number of unbranched alkanes of at least 4 members (excludes halogenated alkanes) is 1. The van der Waals surface area contributed by atoms with Crippen LogP contribution in [0.3, 0.4) is 0 Å². The van der Waals surface area contributed by atoms with Crippen LogP contribution in [-0.2, 0) is 4.74 Å². The van der Waals surface area contributed by atoms with Crippen molar-refractivity contribution in [2.45, 2.75) is 26.7 Å². The lowest BCUT2D eigenvalue weighted by atomic mass is 10.0. The Kier molecular flexibility index (Phi) is 8.28. The maximum Gasteiger partial charge on any atom is 0.342 e. The van der Waals surface area contributed by atoms with Crippen LogP contribution in [0.2, 0.25) is 5.02 Å². The number of halogens is 2. The molecular weight excluding hydrogens is 481 g/mol. The lowest BCUT2D eigenvalue weighted by molar-refractivity contribution is 0.0525. The number of carbonyl (C=O) groups excluding carboxylic acids is 1. The quantitative estimate of drug-likeness (QED) is 0.193. The summed E-state index contributed by atoms with van der Waals surface area (Å²) in [5.41, 5.74) is 3.67. The summed E-state index contributed by atoms with van der Waals surface area (Å²) in [4.78, 5) is 26.0. The van der Waals surface area contributed by atoms with Gasteiger partial charge in [-0.2, -0.15) is 0 Å². The fraction of sp³-hybridized carbons (Fsp3) is 0.259. The van der Waals surface area contributed by atoms with Gasteiger partial charge in [-0.05, 0) is 75.2 Å². The molecule has 0 aliphatic rings. The van der Waals surface area contributed by atoms with Crippen LogP contribution in [0.4, 0.5) is 16.0 Å². The van der Waals surface area contributed by atoms with Gasteiger partial charge < -0.3 is 15.4 Å². The first-order chi connectivity index (χ1) is 17.5. The lowest BCUT2D eigenvalue weighted by Crippen LogP contribution is -2.15. The van der Waals surface area contributed by atoms with Gasteiger partial charge in [0.2, 0.25) is 5.95 Å². The first kappa shape index (κ1) is 25.3. The van der Waals surface area contributed by atoms with Crippen LogP contribution in [0.1, 0.15) is 35.8 Å². The molecule has 0 unspecified atom stereocenters. The number of hydrogen-bond acceptors (Lipinski definition) is 7. The van der Waals surface area contributed by atoms with E-state index in [9.17, 15) is 9.18 Å². The average Bonchev–Trinajstić information content (AvgIpc) is 2.86. The fourth-order valence-electron chi connectivity index (χ4n) is 3.86. The van der Waals surface area contributed by atoms with Crippen molar-refractivity contribution in [3.05, 3.63) is 76.8 Å². The van der Waals surface area contributed by atoms with Gasteiger partial charge in [-0.3, -0.25) is 4.98 Å². The molecule has 2 aromatic carbocycles. The molecule has 2 N–H and O–H groups in total. The number of aromatic nitrogens is 3. The third-order valence-corrected chi connectivity index (χ3v) is 5.83. The first-order valence-corrected chi connectivity index (χ1v) is 12.2. The van der Waals surface area contributed by atoms with Crippen molar-refractivity contribution >= 4 is 40.1 Å². The molecule has 4 rings (SSSR count).